The average molecular weight is 842 g/mol. The van der Waals surface area contributed by atoms with Gasteiger partial charge in [-0.25, -0.2) is 0 Å². The van der Waals surface area contributed by atoms with Crippen LogP contribution in [-0.2, 0) is 4.79 Å². The van der Waals surface area contributed by atoms with E-state index in [1.807, 2.05) is 6.08 Å². The van der Waals surface area contributed by atoms with Crippen molar-refractivity contribution < 1.29 is 20.1 Å². The van der Waals surface area contributed by atoms with Crippen molar-refractivity contribution in [3.05, 3.63) is 48.6 Å². The molecule has 0 radical (unpaired) electrons. The molecule has 3 atom stereocenters. The summed E-state index contributed by atoms with van der Waals surface area (Å²) in [6.45, 7) is 4.16. The van der Waals surface area contributed by atoms with E-state index in [0.717, 1.165) is 44.9 Å². The van der Waals surface area contributed by atoms with Crippen molar-refractivity contribution in [2.24, 2.45) is 0 Å². The number of aliphatic hydroxyl groups excluding tert-OH is 3. The van der Waals surface area contributed by atoms with Crippen molar-refractivity contribution in [2.45, 2.75) is 289 Å². The molecule has 0 rings (SSSR count). The molecule has 0 aliphatic rings. The Kier molecular flexibility index (Phi) is 48.6. The van der Waals surface area contributed by atoms with Gasteiger partial charge >= 0.3 is 0 Å². The SMILES string of the molecule is CCCCCCCC/C=C/CC/C=C/C(O)C(CO)NC(=O)C(O)CCCCCCCCCCCCCCCCCC/C=C\C/C=C\CCCCCCCCCCCCC. The fourth-order valence-corrected chi connectivity index (χ4v) is 8.00. The lowest BCUT2D eigenvalue weighted by atomic mass is 10.0. The van der Waals surface area contributed by atoms with Crippen LogP contribution in [0.25, 0.3) is 0 Å². The Morgan fingerprint density at radius 2 is 0.733 bits per heavy atom. The molecule has 5 nitrogen and oxygen atoms in total. The van der Waals surface area contributed by atoms with E-state index in [0.29, 0.717) is 6.42 Å². The molecule has 4 N–H and O–H groups in total. The van der Waals surface area contributed by atoms with Crippen molar-refractivity contribution in [3.8, 4) is 0 Å². The Morgan fingerprint density at radius 1 is 0.417 bits per heavy atom. The van der Waals surface area contributed by atoms with E-state index in [2.05, 4.69) is 55.6 Å². The lowest BCUT2D eigenvalue weighted by molar-refractivity contribution is -0.131. The molecule has 5 heteroatoms. The maximum Gasteiger partial charge on any atom is 0.249 e. The number of hydrogen-bond donors (Lipinski definition) is 4. The van der Waals surface area contributed by atoms with Crippen LogP contribution in [-0.4, -0.2) is 46.1 Å². The van der Waals surface area contributed by atoms with Gasteiger partial charge in [-0.05, 0) is 64.2 Å². The van der Waals surface area contributed by atoms with Gasteiger partial charge in [-0.3, -0.25) is 4.79 Å². The molecule has 3 unspecified atom stereocenters. The summed E-state index contributed by atoms with van der Waals surface area (Å²) in [6, 6.07) is -0.814. The molecule has 0 spiro atoms. The van der Waals surface area contributed by atoms with Crippen LogP contribution in [0.15, 0.2) is 48.6 Å². The second-order valence-electron chi connectivity index (χ2n) is 18.1. The number of allylic oxidation sites excluding steroid dienone is 7. The van der Waals surface area contributed by atoms with Crippen molar-refractivity contribution in [2.75, 3.05) is 6.61 Å². The normalized spacial score (nSPS) is 13.8. The smallest absolute Gasteiger partial charge is 0.249 e. The molecule has 0 aromatic carbocycles. The van der Waals surface area contributed by atoms with E-state index in [1.165, 1.54) is 205 Å². The summed E-state index contributed by atoms with van der Waals surface area (Å²) in [5.41, 5.74) is 0. The number of rotatable bonds is 48. The molecule has 60 heavy (non-hydrogen) atoms. The monoisotopic (exact) mass is 842 g/mol. The summed E-state index contributed by atoms with van der Waals surface area (Å²) >= 11 is 0. The van der Waals surface area contributed by atoms with E-state index in [4.69, 9.17) is 0 Å². The van der Waals surface area contributed by atoms with Gasteiger partial charge in [-0.2, -0.15) is 0 Å². The molecular formula is C55H103NO4. The van der Waals surface area contributed by atoms with Gasteiger partial charge in [0.15, 0.2) is 0 Å². The molecule has 0 saturated carbocycles. The van der Waals surface area contributed by atoms with E-state index < -0.39 is 24.2 Å². The number of carbonyl (C=O) groups is 1. The zero-order chi connectivity index (χ0) is 43.7. The Balaban J connectivity index is 3.53. The summed E-state index contributed by atoms with van der Waals surface area (Å²) < 4.78 is 0. The fourth-order valence-electron chi connectivity index (χ4n) is 8.00. The number of carbonyl (C=O) groups excluding carboxylic acids is 1. The summed E-state index contributed by atoms with van der Waals surface area (Å²) in [5.74, 6) is -0.513. The van der Waals surface area contributed by atoms with Gasteiger partial charge in [-0.15, -0.1) is 0 Å². The molecule has 0 fully saturated rings. The van der Waals surface area contributed by atoms with Crippen LogP contribution in [0.4, 0.5) is 0 Å². The third kappa shape index (κ3) is 44.4. The van der Waals surface area contributed by atoms with Crippen molar-refractivity contribution in [3.63, 3.8) is 0 Å². The maximum absolute atomic E-state index is 12.5. The first-order valence-corrected chi connectivity index (χ1v) is 26.5. The second-order valence-corrected chi connectivity index (χ2v) is 18.1. The molecule has 1 amide bonds. The summed E-state index contributed by atoms with van der Waals surface area (Å²) in [4.78, 5) is 12.5. The van der Waals surface area contributed by atoms with E-state index in [9.17, 15) is 20.1 Å². The standard InChI is InChI=1S/C55H103NO4/c1-3-5-7-9-11-13-15-17-18-19-20-21-22-23-24-25-26-27-28-29-30-31-32-33-34-35-36-37-38-40-42-44-46-48-50-54(59)55(60)56-52(51-57)53(58)49-47-45-43-41-39-16-14-12-10-8-6-4-2/h22-23,25-26,39,41,47,49,52-54,57-59H,3-21,24,27-38,40,42-46,48,50-51H2,1-2H3,(H,56,60)/b23-22-,26-25-,41-39+,49-47+. The van der Waals surface area contributed by atoms with Crippen molar-refractivity contribution >= 4 is 5.91 Å². The predicted molar refractivity (Wildman–Crippen MR) is 264 cm³/mol. The Hall–Kier alpha value is -1.69. The molecule has 0 saturated heterocycles. The third-order valence-corrected chi connectivity index (χ3v) is 12.1. The highest BCUT2D eigenvalue weighted by atomic mass is 16.3. The van der Waals surface area contributed by atoms with Crippen LogP contribution < -0.4 is 5.32 Å². The largest absolute Gasteiger partial charge is 0.394 e. The number of hydrogen-bond acceptors (Lipinski definition) is 4. The van der Waals surface area contributed by atoms with E-state index in [-0.39, 0.29) is 6.61 Å². The van der Waals surface area contributed by atoms with Gasteiger partial charge in [0.2, 0.25) is 5.91 Å². The topological polar surface area (TPSA) is 89.8 Å². The fraction of sp³-hybridized carbons (Fsp3) is 0.836. The molecule has 0 bridgehead atoms. The quantitative estimate of drug-likeness (QED) is 0.0363. The van der Waals surface area contributed by atoms with Crippen LogP contribution in [0.2, 0.25) is 0 Å². The predicted octanol–water partition coefficient (Wildman–Crippen LogP) is 16.1. The Bertz CT molecular complexity index is 974. The summed E-state index contributed by atoms with van der Waals surface area (Å²) in [6.07, 6.45) is 66.2. The second kappa shape index (κ2) is 50.0. The highest BCUT2D eigenvalue weighted by molar-refractivity contribution is 5.80. The zero-order valence-corrected chi connectivity index (χ0v) is 40.1. The first-order valence-electron chi connectivity index (χ1n) is 26.5. The maximum atomic E-state index is 12.5. The Morgan fingerprint density at radius 3 is 1.12 bits per heavy atom. The number of nitrogens with one attached hydrogen (secondary N) is 1. The highest BCUT2D eigenvalue weighted by Crippen LogP contribution is 2.16. The van der Waals surface area contributed by atoms with E-state index >= 15 is 0 Å². The number of aliphatic hydroxyl groups is 3. The number of unbranched alkanes of at least 4 members (excludes halogenated alkanes) is 34. The highest BCUT2D eigenvalue weighted by Gasteiger charge is 2.22. The lowest BCUT2D eigenvalue weighted by Gasteiger charge is -2.21. The third-order valence-electron chi connectivity index (χ3n) is 12.1. The molecule has 0 aromatic rings. The molecule has 0 aromatic heterocycles. The van der Waals surface area contributed by atoms with Gasteiger partial charge in [-0.1, -0.05) is 255 Å². The summed E-state index contributed by atoms with van der Waals surface area (Å²) in [5, 5.41) is 33.1. The van der Waals surface area contributed by atoms with Gasteiger partial charge in [0.1, 0.15) is 6.10 Å². The van der Waals surface area contributed by atoms with Crippen LogP contribution in [0, 0.1) is 0 Å². The van der Waals surface area contributed by atoms with E-state index in [1.54, 1.807) is 6.08 Å². The minimum atomic E-state index is -1.11. The van der Waals surface area contributed by atoms with Crippen molar-refractivity contribution in [1.82, 2.24) is 5.32 Å². The van der Waals surface area contributed by atoms with Gasteiger partial charge in [0.05, 0.1) is 18.8 Å². The first-order chi connectivity index (χ1) is 29.6. The number of amides is 1. The minimum Gasteiger partial charge on any atom is -0.394 e. The average Bonchev–Trinajstić information content (AvgIpc) is 3.25. The van der Waals surface area contributed by atoms with Crippen LogP contribution in [0.3, 0.4) is 0 Å². The zero-order valence-electron chi connectivity index (χ0n) is 40.1. The summed E-state index contributed by atoms with van der Waals surface area (Å²) in [7, 11) is 0. The Labute approximate surface area is 374 Å². The molecular weight excluding hydrogens is 739 g/mol. The van der Waals surface area contributed by atoms with Crippen LogP contribution in [0.1, 0.15) is 271 Å². The van der Waals surface area contributed by atoms with Crippen LogP contribution >= 0.6 is 0 Å². The van der Waals surface area contributed by atoms with Crippen LogP contribution in [0.5, 0.6) is 0 Å². The van der Waals surface area contributed by atoms with Gasteiger partial charge in [0, 0.05) is 0 Å². The first kappa shape index (κ1) is 58.3. The molecule has 0 aliphatic heterocycles. The molecule has 0 aliphatic carbocycles. The molecule has 0 heterocycles. The van der Waals surface area contributed by atoms with Gasteiger partial charge < -0.3 is 20.6 Å². The van der Waals surface area contributed by atoms with Crippen molar-refractivity contribution in [1.29, 1.82) is 0 Å². The lowest BCUT2D eigenvalue weighted by Crippen LogP contribution is -2.48. The molecule has 352 valence electrons. The minimum absolute atomic E-state index is 0.376. The van der Waals surface area contributed by atoms with Gasteiger partial charge in [0.25, 0.3) is 0 Å².